The number of carbonyl (C=O) groups excluding carboxylic acids is 1. The van der Waals surface area contributed by atoms with Crippen LogP contribution in [0.3, 0.4) is 0 Å². The number of aromatic hydroxyl groups is 1. The van der Waals surface area contributed by atoms with E-state index < -0.39 is 11.9 Å². The van der Waals surface area contributed by atoms with Gasteiger partial charge < -0.3 is 15.0 Å². The molecule has 0 aromatic carbocycles. The van der Waals surface area contributed by atoms with Crippen LogP contribution in [-0.2, 0) is 17.5 Å². The van der Waals surface area contributed by atoms with Crippen LogP contribution >= 0.6 is 0 Å². The van der Waals surface area contributed by atoms with Crippen molar-refractivity contribution < 1.29 is 23.1 Å². The molecule has 4 aromatic rings. The van der Waals surface area contributed by atoms with Crippen LogP contribution < -0.4 is 5.32 Å². The average Bonchev–Trinajstić information content (AvgIpc) is 3.14. The highest BCUT2D eigenvalue weighted by Gasteiger charge is 2.32. The minimum absolute atomic E-state index is 0.0849. The summed E-state index contributed by atoms with van der Waals surface area (Å²) in [5, 5.41) is 11.9. The highest BCUT2D eigenvalue weighted by Crippen LogP contribution is 2.31. The van der Waals surface area contributed by atoms with Crippen LogP contribution in [0.5, 0.6) is 5.88 Å². The van der Waals surface area contributed by atoms with Gasteiger partial charge in [-0.3, -0.25) is 9.78 Å². The Morgan fingerprint density at radius 1 is 1.00 bits per heavy atom. The van der Waals surface area contributed by atoms with Crippen LogP contribution in [0.15, 0.2) is 61.3 Å². The van der Waals surface area contributed by atoms with Gasteiger partial charge in [-0.25, -0.2) is 15.0 Å². The lowest BCUT2D eigenvalue weighted by atomic mass is 10.1. The Labute approximate surface area is 185 Å². The fourth-order valence-corrected chi connectivity index (χ4v) is 3.15. The van der Waals surface area contributed by atoms with Gasteiger partial charge >= 0.3 is 6.18 Å². The van der Waals surface area contributed by atoms with Gasteiger partial charge in [-0.15, -0.1) is 0 Å². The number of carbonyl (C=O) groups is 1. The second-order valence-electron chi connectivity index (χ2n) is 7.12. The molecule has 4 rings (SSSR count). The maximum absolute atomic E-state index is 12.9. The van der Waals surface area contributed by atoms with E-state index in [0.29, 0.717) is 17.2 Å². The van der Waals surface area contributed by atoms with Gasteiger partial charge in [-0.2, -0.15) is 13.2 Å². The number of rotatable bonds is 5. The molecule has 0 saturated carbocycles. The third-order valence-electron chi connectivity index (χ3n) is 4.85. The highest BCUT2D eigenvalue weighted by molar-refractivity contribution is 5.90. The Morgan fingerprint density at radius 2 is 1.73 bits per heavy atom. The van der Waals surface area contributed by atoms with Crippen molar-refractivity contribution in [3.63, 3.8) is 0 Å². The Balaban J connectivity index is 1.44. The minimum Gasteiger partial charge on any atom is -0.493 e. The first-order valence-corrected chi connectivity index (χ1v) is 9.67. The SMILES string of the molecule is Cc1c(-c2ccnc(C(F)(F)F)c2)ncn1CC(=O)Nc1ccc(-c2ccc(O)nc2)cn1. The first-order chi connectivity index (χ1) is 15.7. The zero-order chi connectivity index (χ0) is 23.6. The van der Waals surface area contributed by atoms with Crippen molar-refractivity contribution in [1.29, 1.82) is 0 Å². The lowest BCUT2D eigenvalue weighted by molar-refractivity contribution is -0.141. The van der Waals surface area contributed by atoms with Gasteiger partial charge in [-0.05, 0) is 37.3 Å². The maximum Gasteiger partial charge on any atom is 0.433 e. The molecule has 2 N–H and O–H groups in total. The Bertz CT molecular complexity index is 1280. The van der Waals surface area contributed by atoms with Crippen molar-refractivity contribution in [2.75, 3.05) is 5.32 Å². The van der Waals surface area contributed by atoms with Crippen molar-refractivity contribution in [2.24, 2.45) is 0 Å². The second kappa shape index (κ2) is 8.69. The molecule has 0 aliphatic rings. The van der Waals surface area contributed by atoms with E-state index in [9.17, 15) is 23.1 Å². The molecule has 0 fully saturated rings. The molecule has 0 spiro atoms. The molecule has 1 amide bonds. The van der Waals surface area contributed by atoms with E-state index in [1.54, 1.807) is 31.3 Å². The van der Waals surface area contributed by atoms with Crippen LogP contribution in [-0.4, -0.2) is 35.5 Å². The lowest BCUT2D eigenvalue weighted by Crippen LogP contribution is -2.19. The summed E-state index contributed by atoms with van der Waals surface area (Å²) in [6.07, 6.45) is 0.975. The molecular weight excluding hydrogens is 437 g/mol. The molecule has 33 heavy (non-hydrogen) atoms. The molecule has 168 valence electrons. The standard InChI is InChI=1S/C22H17F3N6O2/c1-13-21(14-6-7-26-17(8-14)22(23,24)25)29-12-31(13)11-20(33)30-18-4-2-15(9-27-18)16-3-5-19(32)28-10-16/h2-10,12H,11H2,1H3,(H,28,32)(H,27,30,33). The third kappa shape index (κ3) is 4.97. The normalized spacial score (nSPS) is 11.4. The second-order valence-corrected chi connectivity index (χ2v) is 7.12. The van der Waals surface area contributed by atoms with E-state index in [1.807, 2.05) is 0 Å². The van der Waals surface area contributed by atoms with E-state index >= 15 is 0 Å². The van der Waals surface area contributed by atoms with Crippen molar-refractivity contribution in [2.45, 2.75) is 19.6 Å². The summed E-state index contributed by atoms with van der Waals surface area (Å²) in [6, 6.07) is 8.89. The van der Waals surface area contributed by atoms with Crippen molar-refractivity contribution in [1.82, 2.24) is 24.5 Å². The van der Waals surface area contributed by atoms with Crippen molar-refractivity contribution >= 4 is 11.7 Å². The number of nitrogens with zero attached hydrogens (tertiary/aromatic N) is 5. The molecule has 4 heterocycles. The summed E-state index contributed by atoms with van der Waals surface area (Å²) in [4.78, 5) is 28.0. The zero-order valence-corrected chi connectivity index (χ0v) is 17.2. The van der Waals surface area contributed by atoms with E-state index in [2.05, 4.69) is 25.3 Å². The molecule has 8 nitrogen and oxygen atoms in total. The van der Waals surface area contributed by atoms with Crippen LogP contribution in [0.1, 0.15) is 11.4 Å². The Kier molecular flexibility index (Phi) is 5.78. The number of halogens is 3. The smallest absolute Gasteiger partial charge is 0.433 e. The van der Waals surface area contributed by atoms with Gasteiger partial charge in [0, 0.05) is 47.0 Å². The number of amides is 1. The summed E-state index contributed by atoms with van der Waals surface area (Å²) in [5.41, 5.74) is 1.63. The average molecular weight is 454 g/mol. The molecule has 0 radical (unpaired) electrons. The number of hydrogen-bond acceptors (Lipinski definition) is 6. The predicted molar refractivity (Wildman–Crippen MR) is 113 cm³/mol. The van der Waals surface area contributed by atoms with Gasteiger partial charge in [0.15, 0.2) is 0 Å². The van der Waals surface area contributed by atoms with Crippen LogP contribution in [0.2, 0.25) is 0 Å². The fraction of sp³-hybridized carbons (Fsp3) is 0.136. The van der Waals surface area contributed by atoms with Crippen LogP contribution in [0.4, 0.5) is 19.0 Å². The fourth-order valence-electron chi connectivity index (χ4n) is 3.15. The summed E-state index contributed by atoms with van der Waals surface area (Å²) >= 11 is 0. The molecule has 0 saturated heterocycles. The molecule has 0 atom stereocenters. The predicted octanol–water partition coefficient (Wildman–Crippen LogP) is 4.07. The summed E-state index contributed by atoms with van der Waals surface area (Å²) in [6.45, 7) is 1.57. The third-order valence-corrected chi connectivity index (χ3v) is 4.85. The highest BCUT2D eigenvalue weighted by atomic mass is 19.4. The summed E-state index contributed by atoms with van der Waals surface area (Å²) in [5.74, 6) is -0.130. The molecule has 0 aliphatic heterocycles. The molecular formula is C22H17F3N6O2. The molecule has 4 aromatic heterocycles. The number of aromatic nitrogens is 5. The van der Waals surface area contributed by atoms with Crippen molar-refractivity contribution in [3.05, 3.63) is 72.7 Å². The van der Waals surface area contributed by atoms with Crippen LogP contribution in [0, 0.1) is 6.92 Å². The minimum atomic E-state index is -4.56. The van der Waals surface area contributed by atoms with E-state index in [1.165, 1.54) is 29.2 Å². The first-order valence-electron chi connectivity index (χ1n) is 9.67. The zero-order valence-electron chi connectivity index (χ0n) is 17.2. The van der Waals surface area contributed by atoms with Gasteiger partial charge in [0.2, 0.25) is 11.8 Å². The molecule has 0 unspecified atom stereocenters. The van der Waals surface area contributed by atoms with Gasteiger partial charge in [0.1, 0.15) is 18.1 Å². The van der Waals surface area contributed by atoms with Gasteiger partial charge in [-0.1, -0.05) is 0 Å². The lowest BCUT2D eigenvalue weighted by Gasteiger charge is -2.09. The molecule has 0 aliphatic carbocycles. The Hall–Kier alpha value is -4.28. The van der Waals surface area contributed by atoms with Crippen LogP contribution in [0.25, 0.3) is 22.4 Å². The number of pyridine rings is 3. The monoisotopic (exact) mass is 454 g/mol. The first kappa shape index (κ1) is 21.9. The quantitative estimate of drug-likeness (QED) is 0.471. The topological polar surface area (TPSA) is 106 Å². The summed E-state index contributed by atoms with van der Waals surface area (Å²) < 4.78 is 40.4. The van der Waals surface area contributed by atoms with E-state index in [4.69, 9.17) is 0 Å². The summed E-state index contributed by atoms with van der Waals surface area (Å²) in [7, 11) is 0. The van der Waals surface area contributed by atoms with E-state index in [-0.39, 0.29) is 23.9 Å². The maximum atomic E-state index is 12.9. The number of hydrogen-bond donors (Lipinski definition) is 2. The van der Waals surface area contributed by atoms with Gasteiger partial charge in [0.25, 0.3) is 0 Å². The molecule has 0 bridgehead atoms. The molecule has 11 heteroatoms. The Morgan fingerprint density at radius 3 is 2.36 bits per heavy atom. The van der Waals surface area contributed by atoms with Crippen molar-refractivity contribution in [3.8, 4) is 28.3 Å². The number of anilines is 1. The van der Waals surface area contributed by atoms with Gasteiger partial charge in [0.05, 0.1) is 12.0 Å². The largest absolute Gasteiger partial charge is 0.493 e. The number of imidazole rings is 1. The van der Waals surface area contributed by atoms with E-state index in [0.717, 1.165) is 23.4 Å². The number of alkyl halides is 3. The number of nitrogens with one attached hydrogen (secondary N) is 1.